The predicted molar refractivity (Wildman–Crippen MR) is 88.0 cm³/mol. The Morgan fingerprint density at radius 2 is 1.96 bits per heavy atom. The zero-order valence-electron chi connectivity index (χ0n) is 13.8. The van der Waals surface area contributed by atoms with E-state index in [9.17, 15) is 18.0 Å². The number of alkyl halides is 3. The summed E-state index contributed by atoms with van der Waals surface area (Å²) < 4.78 is 46.5. The van der Waals surface area contributed by atoms with E-state index in [1.807, 2.05) is 13.0 Å². The van der Waals surface area contributed by atoms with Crippen LogP contribution in [0.2, 0.25) is 0 Å². The van der Waals surface area contributed by atoms with E-state index < -0.39 is 18.7 Å². The van der Waals surface area contributed by atoms with Gasteiger partial charge in [-0.1, -0.05) is 12.1 Å². The van der Waals surface area contributed by atoms with E-state index in [0.29, 0.717) is 5.75 Å². The van der Waals surface area contributed by atoms with Gasteiger partial charge in [-0.3, -0.25) is 4.79 Å². The largest absolute Gasteiger partial charge is 0.484 e. The summed E-state index contributed by atoms with van der Waals surface area (Å²) in [4.78, 5) is 11.9. The lowest BCUT2D eigenvalue weighted by Gasteiger charge is -2.12. The highest BCUT2D eigenvalue weighted by Crippen LogP contribution is 2.25. The van der Waals surface area contributed by atoms with Crippen molar-refractivity contribution in [2.24, 2.45) is 0 Å². The number of benzene rings is 2. The Bertz CT molecular complexity index is 829. The Hall–Kier alpha value is -3.21. The zero-order valence-corrected chi connectivity index (χ0v) is 13.8. The van der Waals surface area contributed by atoms with E-state index in [2.05, 4.69) is 10.1 Å². The first kappa shape index (κ1) is 19.1. The van der Waals surface area contributed by atoms with Crippen molar-refractivity contribution in [3.8, 4) is 17.6 Å². The maximum Gasteiger partial charge on any atom is 0.422 e. The first-order valence-corrected chi connectivity index (χ1v) is 7.50. The topological polar surface area (TPSA) is 71.3 Å². The van der Waals surface area contributed by atoms with Crippen LogP contribution in [0.4, 0.5) is 18.9 Å². The van der Waals surface area contributed by atoms with Crippen LogP contribution in [0, 0.1) is 18.3 Å². The lowest BCUT2D eigenvalue weighted by Crippen LogP contribution is -2.21. The normalized spacial score (nSPS) is 10.7. The number of anilines is 1. The number of amides is 1. The molecule has 5 nitrogen and oxygen atoms in total. The molecule has 0 bridgehead atoms. The van der Waals surface area contributed by atoms with Gasteiger partial charge < -0.3 is 14.8 Å². The molecule has 2 rings (SSSR count). The summed E-state index contributed by atoms with van der Waals surface area (Å²) >= 11 is 0. The van der Waals surface area contributed by atoms with E-state index in [1.165, 1.54) is 18.2 Å². The summed E-state index contributed by atoms with van der Waals surface area (Å²) in [5.74, 6) is -0.146. The Balaban J connectivity index is 1.96. The van der Waals surface area contributed by atoms with Gasteiger partial charge in [0.25, 0.3) is 5.91 Å². The molecule has 0 aliphatic rings. The van der Waals surface area contributed by atoms with Gasteiger partial charge in [-0.05, 0) is 42.8 Å². The monoisotopic (exact) mass is 364 g/mol. The molecule has 0 radical (unpaired) electrons. The Kier molecular flexibility index (Phi) is 6.07. The maximum atomic E-state index is 12.2. The van der Waals surface area contributed by atoms with Crippen LogP contribution in [-0.4, -0.2) is 25.3 Å². The van der Waals surface area contributed by atoms with Gasteiger partial charge >= 0.3 is 6.18 Å². The number of ether oxygens (including phenoxy) is 2. The van der Waals surface area contributed by atoms with Crippen molar-refractivity contribution in [3.63, 3.8) is 0 Å². The highest BCUT2D eigenvalue weighted by molar-refractivity contribution is 5.92. The fraction of sp³-hybridized carbons (Fsp3) is 0.222. The molecule has 0 aromatic heterocycles. The number of carbonyl (C=O) groups excluding carboxylic acids is 1. The lowest BCUT2D eigenvalue weighted by molar-refractivity contribution is -0.153. The van der Waals surface area contributed by atoms with Crippen LogP contribution in [0.3, 0.4) is 0 Å². The molecule has 1 N–H and O–H groups in total. The Morgan fingerprint density at radius 1 is 1.19 bits per heavy atom. The van der Waals surface area contributed by atoms with Crippen molar-refractivity contribution in [3.05, 3.63) is 53.6 Å². The summed E-state index contributed by atoms with van der Waals surface area (Å²) in [6.45, 7) is 0.133. The second-order valence-corrected chi connectivity index (χ2v) is 5.38. The summed E-state index contributed by atoms with van der Waals surface area (Å²) in [7, 11) is 0. The van der Waals surface area contributed by atoms with Gasteiger partial charge in [-0.2, -0.15) is 18.4 Å². The number of rotatable bonds is 6. The predicted octanol–water partition coefficient (Wildman–Crippen LogP) is 3.83. The van der Waals surface area contributed by atoms with Gasteiger partial charge in [0.1, 0.15) is 17.6 Å². The quantitative estimate of drug-likeness (QED) is 0.846. The second-order valence-electron chi connectivity index (χ2n) is 5.38. The third kappa shape index (κ3) is 6.02. The number of halogens is 3. The molecule has 0 fully saturated rings. The average molecular weight is 364 g/mol. The van der Waals surface area contributed by atoms with Crippen LogP contribution in [0.1, 0.15) is 11.1 Å². The SMILES string of the molecule is Cc1cccc(OCC(=O)Nc2ccc(OCC(F)(F)F)c(C#N)c2)c1. The number of carbonyl (C=O) groups is 1. The van der Waals surface area contributed by atoms with E-state index in [4.69, 9.17) is 10.00 Å². The van der Waals surface area contributed by atoms with Crippen LogP contribution in [0.5, 0.6) is 11.5 Å². The number of hydrogen-bond acceptors (Lipinski definition) is 4. The van der Waals surface area contributed by atoms with Crippen molar-refractivity contribution >= 4 is 11.6 Å². The second kappa shape index (κ2) is 8.25. The summed E-state index contributed by atoms with van der Waals surface area (Å²) in [6.07, 6.45) is -4.51. The molecule has 0 heterocycles. The number of hydrogen-bond donors (Lipinski definition) is 1. The number of nitrogens with one attached hydrogen (secondary N) is 1. The molecule has 0 saturated carbocycles. The summed E-state index contributed by atoms with van der Waals surface area (Å²) in [5.41, 5.74) is 1.11. The van der Waals surface area contributed by atoms with Crippen LogP contribution >= 0.6 is 0 Å². The van der Waals surface area contributed by atoms with Gasteiger partial charge in [0.2, 0.25) is 0 Å². The van der Waals surface area contributed by atoms with Crippen molar-refractivity contribution in [1.82, 2.24) is 0 Å². The summed E-state index contributed by atoms with van der Waals surface area (Å²) in [5, 5.41) is 11.5. The third-order valence-corrected chi connectivity index (χ3v) is 3.13. The molecule has 0 aliphatic carbocycles. The average Bonchev–Trinajstić information content (AvgIpc) is 2.58. The Labute approximate surface area is 148 Å². The number of nitrogens with zero attached hydrogens (tertiary/aromatic N) is 1. The molecule has 0 atom stereocenters. The molecule has 0 saturated heterocycles. The molecule has 136 valence electrons. The molecule has 0 spiro atoms. The van der Waals surface area contributed by atoms with Gasteiger partial charge in [0.05, 0.1) is 5.56 Å². The van der Waals surface area contributed by atoms with Crippen LogP contribution in [0.15, 0.2) is 42.5 Å². The zero-order chi connectivity index (χ0) is 19.2. The first-order chi connectivity index (χ1) is 12.3. The molecular weight excluding hydrogens is 349 g/mol. The van der Waals surface area contributed by atoms with E-state index in [0.717, 1.165) is 5.56 Å². The smallest absolute Gasteiger partial charge is 0.422 e. The molecule has 26 heavy (non-hydrogen) atoms. The standard InChI is InChI=1S/C18H15F3N2O3/c1-12-3-2-4-15(7-12)25-10-17(24)23-14-5-6-16(13(8-14)9-22)26-11-18(19,20)21/h2-8H,10-11H2,1H3,(H,23,24). The van der Waals surface area contributed by atoms with Crippen LogP contribution < -0.4 is 14.8 Å². The molecule has 0 unspecified atom stereocenters. The summed E-state index contributed by atoms with van der Waals surface area (Å²) in [6, 6.07) is 12.7. The molecule has 8 heteroatoms. The molecule has 0 aliphatic heterocycles. The van der Waals surface area contributed by atoms with Crippen molar-refractivity contribution in [1.29, 1.82) is 5.26 Å². The lowest BCUT2D eigenvalue weighted by atomic mass is 10.2. The van der Waals surface area contributed by atoms with Crippen molar-refractivity contribution in [2.45, 2.75) is 13.1 Å². The maximum absolute atomic E-state index is 12.2. The van der Waals surface area contributed by atoms with Crippen molar-refractivity contribution < 1.29 is 27.4 Å². The number of nitriles is 1. The van der Waals surface area contributed by atoms with Crippen LogP contribution in [-0.2, 0) is 4.79 Å². The molecular formula is C18H15F3N2O3. The molecule has 2 aromatic carbocycles. The fourth-order valence-corrected chi connectivity index (χ4v) is 2.03. The highest BCUT2D eigenvalue weighted by Gasteiger charge is 2.28. The van der Waals surface area contributed by atoms with E-state index in [-0.39, 0.29) is 23.6 Å². The van der Waals surface area contributed by atoms with Gasteiger partial charge in [-0.15, -0.1) is 0 Å². The molecule has 1 amide bonds. The van der Waals surface area contributed by atoms with Crippen LogP contribution in [0.25, 0.3) is 0 Å². The third-order valence-electron chi connectivity index (χ3n) is 3.13. The minimum absolute atomic E-state index is 0.119. The minimum Gasteiger partial charge on any atom is -0.484 e. The fourth-order valence-electron chi connectivity index (χ4n) is 2.03. The van der Waals surface area contributed by atoms with E-state index in [1.54, 1.807) is 24.3 Å². The first-order valence-electron chi connectivity index (χ1n) is 7.50. The van der Waals surface area contributed by atoms with Gasteiger partial charge in [0, 0.05) is 5.69 Å². The molecule has 2 aromatic rings. The highest BCUT2D eigenvalue weighted by atomic mass is 19.4. The van der Waals surface area contributed by atoms with Gasteiger partial charge in [-0.25, -0.2) is 0 Å². The Morgan fingerprint density at radius 3 is 2.62 bits per heavy atom. The van der Waals surface area contributed by atoms with Crippen molar-refractivity contribution in [2.75, 3.05) is 18.5 Å². The van der Waals surface area contributed by atoms with E-state index >= 15 is 0 Å². The number of aryl methyl sites for hydroxylation is 1. The van der Waals surface area contributed by atoms with Gasteiger partial charge in [0.15, 0.2) is 13.2 Å². The minimum atomic E-state index is -4.51.